The zero-order valence-electron chi connectivity index (χ0n) is 12.8. The minimum atomic E-state index is -3.61. The number of nitrogens with zero attached hydrogens (tertiary/aromatic N) is 2. The lowest BCUT2D eigenvalue weighted by Crippen LogP contribution is -2.38. The van der Waals surface area contributed by atoms with Crippen LogP contribution in [0.4, 0.5) is 17.2 Å². The summed E-state index contributed by atoms with van der Waals surface area (Å²) in [6, 6.07) is 6.58. The number of hydrogen-bond donors (Lipinski definition) is 2. The molecule has 2 N–H and O–H groups in total. The van der Waals surface area contributed by atoms with Gasteiger partial charge in [-0.1, -0.05) is 11.6 Å². The first-order chi connectivity index (χ1) is 11.1. The number of alkyl halides is 1. The van der Waals surface area contributed by atoms with Crippen molar-refractivity contribution in [1.82, 2.24) is 9.97 Å². The Hall–Kier alpha value is -1.28. The van der Waals surface area contributed by atoms with Gasteiger partial charge in [-0.25, -0.2) is 13.4 Å². The Balaban J connectivity index is 2.15. The molecule has 2 rings (SSSR count). The first-order valence-electron chi connectivity index (χ1n) is 6.78. The molecular formula is C14H15Cl3N4O2S. The lowest BCUT2D eigenvalue weighted by Gasteiger charge is -2.22. The minimum absolute atomic E-state index is 0.0189. The SMILES string of the molecule is CC(C)(CCl)S(=O)(=O)Nc1ccc(Nc2nc(Cl)ncc2Cl)cc1. The van der Waals surface area contributed by atoms with E-state index in [4.69, 9.17) is 34.8 Å². The smallest absolute Gasteiger partial charge is 0.239 e. The van der Waals surface area contributed by atoms with Crippen molar-refractivity contribution in [1.29, 1.82) is 0 Å². The van der Waals surface area contributed by atoms with Crippen LogP contribution in [0.2, 0.25) is 10.3 Å². The van der Waals surface area contributed by atoms with Crippen LogP contribution in [0.1, 0.15) is 13.8 Å². The zero-order valence-corrected chi connectivity index (χ0v) is 15.9. The van der Waals surface area contributed by atoms with Gasteiger partial charge in [0.05, 0.1) is 10.9 Å². The average molecular weight is 410 g/mol. The van der Waals surface area contributed by atoms with E-state index in [-0.39, 0.29) is 11.2 Å². The third-order valence-corrected chi connectivity index (χ3v) is 6.55. The Morgan fingerprint density at radius 2 is 1.71 bits per heavy atom. The molecule has 0 radical (unpaired) electrons. The molecule has 1 aromatic carbocycles. The predicted octanol–water partition coefficient (Wildman–Crippen LogP) is 4.29. The van der Waals surface area contributed by atoms with Crippen molar-refractivity contribution in [2.45, 2.75) is 18.6 Å². The first kappa shape index (κ1) is 19.1. The molecular weight excluding hydrogens is 395 g/mol. The molecule has 10 heteroatoms. The summed E-state index contributed by atoms with van der Waals surface area (Å²) < 4.78 is 25.9. The monoisotopic (exact) mass is 408 g/mol. The molecule has 0 amide bonds. The van der Waals surface area contributed by atoms with Gasteiger partial charge in [0.1, 0.15) is 5.02 Å². The molecule has 2 aromatic rings. The van der Waals surface area contributed by atoms with E-state index in [0.717, 1.165) is 0 Å². The normalized spacial score (nSPS) is 12.0. The van der Waals surface area contributed by atoms with Crippen molar-refractivity contribution in [2.75, 3.05) is 15.9 Å². The fourth-order valence-electron chi connectivity index (χ4n) is 1.56. The number of benzene rings is 1. The van der Waals surface area contributed by atoms with E-state index >= 15 is 0 Å². The summed E-state index contributed by atoms with van der Waals surface area (Å²) in [5.74, 6) is 0.336. The fraction of sp³-hybridized carbons (Fsp3) is 0.286. The van der Waals surface area contributed by atoms with Crippen LogP contribution in [0, 0.1) is 0 Å². The van der Waals surface area contributed by atoms with Crippen LogP contribution < -0.4 is 10.0 Å². The van der Waals surface area contributed by atoms with Gasteiger partial charge in [0, 0.05) is 17.3 Å². The Bertz CT molecular complexity index is 826. The molecule has 24 heavy (non-hydrogen) atoms. The molecule has 0 aliphatic rings. The highest BCUT2D eigenvalue weighted by molar-refractivity contribution is 7.94. The second-order valence-electron chi connectivity index (χ2n) is 5.54. The molecule has 0 aliphatic heterocycles. The number of rotatable bonds is 6. The van der Waals surface area contributed by atoms with E-state index < -0.39 is 14.8 Å². The Kier molecular flexibility index (Phi) is 5.80. The van der Waals surface area contributed by atoms with E-state index in [1.54, 1.807) is 38.1 Å². The zero-order chi connectivity index (χ0) is 18.0. The second-order valence-corrected chi connectivity index (χ2v) is 8.87. The Morgan fingerprint density at radius 1 is 1.12 bits per heavy atom. The van der Waals surface area contributed by atoms with Crippen molar-refractivity contribution in [3.8, 4) is 0 Å². The van der Waals surface area contributed by atoms with E-state index in [9.17, 15) is 8.42 Å². The van der Waals surface area contributed by atoms with Crippen molar-refractivity contribution in [2.24, 2.45) is 0 Å². The highest BCUT2D eigenvalue weighted by Crippen LogP contribution is 2.26. The van der Waals surface area contributed by atoms with E-state index in [1.807, 2.05) is 0 Å². The first-order valence-corrected chi connectivity index (χ1v) is 9.55. The Labute approximate surface area is 155 Å². The van der Waals surface area contributed by atoms with Crippen LogP contribution in [0.15, 0.2) is 30.5 Å². The number of halogens is 3. The van der Waals surface area contributed by atoms with E-state index in [2.05, 4.69) is 20.0 Å². The summed E-state index contributed by atoms with van der Waals surface area (Å²) in [4.78, 5) is 7.74. The van der Waals surface area contributed by atoms with Crippen LogP contribution in [0.25, 0.3) is 0 Å². The van der Waals surface area contributed by atoms with Gasteiger partial charge < -0.3 is 5.32 Å². The number of sulfonamides is 1. The number of nitrogens with one attached hydrogen (secondary N) is 2. The van der Waals surface area contributed by atoms with Crippen molar-refractivity contribution in [3.05, 3.63) is 40.8 Å². The molecule has 0 fully saturated rings. The lowest BCUT2D eigenvalue weighted by atomic mass is 10.2. The van der Waals surface area contributed by atoms with Gasteiger partial charge in [0.25, 0.3) is 0 Å². The molecule has 130 valence electrons. The maximum absolute atomic E-state index is 12.3. The van der Waals surface area contributed by atoms with Gasteiger partial charge in [0.2, 0.25) is 15.3 Å². The summed E-state index contributed by atoms with van der Waals surface area (Å²) in [7, 11) is -3.61. The molecule has 0 atom stereocenters. The molecule has 1 heterocycles. The van der Waals surface area contributed by atoms with Crippen LogP contribution in [-0.4, -0.2) is 29.0 Å². The largest absolute Gasteiger partial charge is 0.339 e. The molecule has 0 saturated heterocycles. The lowest BCUT2D eigenvalue weighted by molar-refractivity contribution is 0.567. The molecule has 6 nitrogen and oxygen atoms in total. The highest BCUT2D eigenvalue weighted by atomic mass is 35.5. The maximum Gasteiger partial charge on any atom is 0.239 e. The molecule has 0 aliphatic carbocycles. The van der Waals surface area contributed by atoms with Gasteiger partial charge in [-0.3, -0.25) is 4.72 Å². The van der Waals surface area contributed by atoms with Gasteiger partial charge in [-0.05, 0) is 49.7 Å². The van der Waals surface area contributed by atoms with Gasteiger partial charge in [-0.2, -0.15) is 4.98 Å². The van der Waals surface area contributed by atoms with Gasteiger partial charge in [0.15, 0.2) is 5.82 Å². The molecule has 0 unspecified atom stereocenters. The van der Waals surface area contributed by atoms with Crippen LogP contribution >= 0.6 is 34.8 Å². The summed E-state index contributed by atoms with van der Waals surface area (Å²) in [6.07, 6.45) is 1.38. The minimum Gasteiger partial charge on any atom is -0.339 e. The number of aromatic nitrogens is 2. The standard InChI is InChI=1S/C14H15Cl3N4O2S/c1-14(2,8-15)24(22,23)21-10-5-3-9(4-6-10)19-12-11(16)7-18-13(17)20-12/h3-7,21H,8H2,1-2H3,(H,18,19,20). The van der Waals surface area contributed by atoms with E-state index in [1.165, 1.54) is 6.20 Å². The van der Waals surface area contributed by atoms with Gasteiger partial charge >= 0.3 is 0 Å². The fourth-order valence-corrected chi connectivity index (χ4v) is 3.13. The van der Waals surface area contributed by atoms with Gasteiger partial charge in [-0.15, -0.1) is 11.6 Å². The summed E-state index contributed by atoms with van der Waals surface area (Å²) in [6.45, 7) is 3.11. The predicted molar refractivity (Wildman–Crippen MR) is 99.1 cm³/mol. The molecule has 0 bridgehead atoms. The third-order valence-electron chi connectivity index (χ3n) is 3.16. The molecule has 0 saturated carbocycles. The molecule has 0 spiro atoms. The van der Waals surface area contributed by atoms with Crippen molar-refractivity contribution >= 4 is 62.0 Å². The topological polar surface area (TPSA) is 84.0 Å². The van der Waals surface area contributed by atoms with Crippen LogP contribution in [0.5, 0.6) is 0 Å². The van der Waals surface area contributed by atoms with Crippen molar-refractivity contribution in [3.63, 3.8) is 0 Å². The summed E-state index contributed by atoms with van der Waals surface area (Å²) in [5, 5.41) is 3.36. The third kappa shape index (κ3) is 4.42. The van der Waals surface area contributed by atoms with Crippen LogP contribution in [0.3, 0.4) is 0 Å². The highest BCUT2D eigenvalue weighted by Gasteiger charge is 2.33. The summed E-state index contributed by atoms with van der Waals surface area (Å²) in [5.41, 5.74) is 1.08. The summed E-state index contributed by atoms with van der Waals surface area (Å²) >= 11 is 17.4. The average Bonchev–Trinajstić information content (AvgIpc) is 2.52. The van der Waals surface area contributed by atoms with Crippen molar-refractivity contribution < 1.29 is 8.42 Å². The quantitative estimate of drug-likeness (QED) is 0.549. The van der Waals surface area contributed by atoms with E-state index in [0.29, 0.717) is 22.2 Å². The Morgan fingerprint density at radius 3 is 2.29 bits per heavy atom. The molecule has 1 aromatic heterocycles. The van der Waals surface area contributed by atoms with Crippen LogP contribution in [-0.2, 0) is 10.0 Å². The second kappa shape index (κ2) is 7.31. The maximum atomic E-state index is 12.3. The number of hydrogen-bond acceptors (Lipinski definition) is 5. The number of anilines is 3.